The van der Waals surface area contributed by atoms with Gasteiger partial charge in [-0.15, -0.1) is 0 Å². The molecule has 0 amide bonds. The Kier molecular flexibility index (Phi) is 4.32. The zero-order chi connectivity index (χ0) is 11.1. The van der Waals surface area contributed by atoms with Crippen LogP contribution < -0.4 is 0 Å². The second-order valence-electron chi connectivity index (χ2n) is 2.70. The van der Waals surface area contributed by atoms with Gasteiger partial charge in [-0.25, -0.2) is 9.78 Å². The summed E-state index contributed by atoms with van der Waals surface area (Å²) in [6.45, 7) is 0.0350. The number of aliphatic hydroxyl groups excluding tert-OH is 1. The highest BCUT2D eigenvalue weighted by Crippen LogP contribution is 2.00. The van der Waals surface area contributed by atoms with Crippen LogP contribution in [0.15, 0.2) is 18.3 Å². The maximum Gasteiger partial charge on any atom is 0.339 e. The Balaban J connectivity index is 2.73. The van der Waals surface area contributed by atoms with E-state index in [0.717, 1.165) is 0 Å². The normalized spacial score (nSPS) is 8.93. The van der Waals surface area contributed by atoms with Crippen molar-refractivity contribution in [3.63, 3.8) is 0 Å². The largest absolute Gasteiger partial charge is 0.465 e. The van der Waals surface area contributed by atoms with Gasteiger partial charge in [-0.1, -0.05) is 5.92 Å². The van der Waals surface area contributed by atoms with Gasteiger partial charge in [0, 0.05) is 12.6 Å². The molecule has 1 heterocycles. The summed E-state index contributed by atoms with van der Waals surface area (Å²) < 4.78 is 4.53. The fraction of sp³-hybridized carbons (Fsp3) is 0.273. The Morgan fingerprint density at radius 1 is 1.60 bits per heavy atom. The monoisotopic (exact) mass is 205 g/mol. The number of pyridine rings is 1. The average molecular weight is 205 g/mol. The Morgan fingerprint density at radius 3 is 2.93 bits per heavy atom. The van der Waals surface area contributed by atoms with E-state index in [-0.39, 0.29) is 6.61 Å². The summed E-state index contributed by atoms with van der Waals surface area (Å²) in [4.78, 5) is 15.0. The molecule has 1 aromatic rings. The molecule has 0 aliphatic heterocycles. The number of hydrogen-bond donors (Lipinski definition) is 1. The van der Waals surface area contributed by atoms with Crippen LogP contribution in [0.5, 0.6) is 0 Å². The highest BCUT2D eigenvalue weighted by Gasteiger charge is 2.03. The summed E-state index contributed by atoms with van der Waals surface area (Å²) in [6, 6.07) is 3.23. The van der Waals surface area contributed by atoms with Gasteiger partial charge in [-0.05, 0) is 18.1 Å². The lowest BCUT2D eigenvalue weighted by Gasteiger charge is -1.97. The molecule has 0 saturated carbocycles. The fourth-order valence-corrected chi connectivity index (χ4v) is 0.915. The van der Waals surface area contributed by atoms with Crippen LogP contribution in [0.2, 0.25) is 0 Å². The van der Waals surface area contributed by atoms with Crippen molar-refractivity contribution in [3.8, 4) is 11.8 Å². The zero-order valence-corrected chi connectivity index (χ0v) is 8.36. The molecule has 0 bridgehead atoms. The van der Waals surface area contributed by atoms with E-state index in [1.807, 2.05) is 0 Å². The minimum absolute atomic E-state index is 0.0350. The third kappa shape index (κ3) is 3.41. The van der Waals surface area contributed by atoms with Crippen LogP contribution in [-0.4, -0.2) is 29.8 Å². The van der Waals surface area contributed by atoms with E-state index < -0.39 is 5.97 Å². The van der Waals surface area contributed by atoms with E-state index in [1.165, 1.54) is 13.3 Å². The number of ether oxygens (including phenoxy) is 1. The smallest absolute Gasteiger partial charge is 0.339 e. The number of esters is 1. The third-order valence-corrected chi connectivity index (χ3v) is 1.64. The van der Waals surface area contributed by atoms with Gasteiger partial charge in [0.1, 0.15) is 5.69 Å². The molecule has 4 heteroatoms. The van der Waals surface area contributed by atoms with E-state index in [1.54, 1.807) is 12.1 Å². The van der Waals surface area contributed by atoms with Crippen molar-refractivity contribution in [1.29, 1.82) is 0 Å². The average Bonchev–Trinajstić information content (AvgIpc) is 2.29. The number of carbonyl (C=O) groups excluding carboxylic acids is 1. The van der Waals surface area contributed by atoms with Crippen molar-refractivity contribution in [2.24, 2.45) is 0 Å². The summed E-state index contributed by atoms with van der Waals surface area (Å²) in [5.74, 6) is 5.07. The molecule has 4 nitrogen and oxygen atoms in total. The van der Waals surface area contributed by atoms with Gasteiger partial charge in [0.2, 0.25) is 0 Å². The first kappa shape index (κ1) is 11.2. The lowest BCUT2D eigenvalue weighted by Crippen LogP contribution is -2.01. The molecule has 0 aliphatic rings. The molecule has 0 fully saturated rings. The maximum absolute atomic E-state index is 11.1. The predicted molar refractivity (Wildman–Crippen MR) is 54.2 cm³/mol. The summed E-state index contributed by atoms with van der Waals surface area (Å²) >= 11 is 0. The number of hydrogen-bond acceptors (Lipinski definition) is 4. The van der Waals surface area contributed by atoms with Crippen molar-refractivity contribution >= 4 is 5.97 Å². The summed E-state index contributed by atoms with van der Waals surface area (Å²) in [6.07, 6.45) is 1.83. The van der Waals surface area contributed by atoms with Gasteiger partial charge in [0.25, 0.3) is 0 Å². The first-order valence-corrected chi connectivity index (χ1v) is 4.42. The number of aliphatic hydroxyl groups is 1. The molecule has 0 aliphatic carbocycles. The molecule has 1 N–H and O–H groups in total. The first-order valence-electron chi connectivity index (χ1n) is 4.42. The number of rotatable bonds is 2. The van der Waals surface area contributed by atoms with Crippen LogP contribution in [-0.2, 0) is 4.74 Å². The van der Waals surface area contributed by atoms with Crippen LogP contribution in [0.25, 0.3) is 0 Å². The maximum atomic E-state index is 11.1. The first-order chi connectivity index (χ1) is 7.27. The summed E-state index contributed by atoms with van der Waals surface area (Å²) in [5.41, 5.74) is 0.960. The molecule has 0 saturated heterocycles. The van der Waals surface area contributed by atoms with Gasteiger partial charge >= 0.3 is 5.97 Å². The molecule has 15 heavy (non-hydrogen) atoms. The Morgan fingerprint density at radius 2 is 2.40 bits per heavy atom. The van der Waals surface area contributed by atoms with Crippen LogP contribution in [0.4, 0.5) is 0 Å². The van der Waals surface area contributed by atoms with E-state index in [0.29, 0.717) is 17.7 Å². The summed E-state index contributed by atoms with van der Waals surface area (Å²) in [5, 5.41) is 8.51. The number of carbonyl (C=O) groups is 1. The summed E-state index contributed by atoms with van der Waals surface area (Å²) in [7, 11) is 1.32. The molecular formula is C11H11NO3. The molecule has 0 spiro atoms. The second kappa shape index (κ2) is 5.78. The van der Waals surface area contributed by atoms with Crippen molar-refractivity contribution in [2.75, 3.05) is 13.7 Å². The predicted octanol–water partition coefficient (Wildman–Crippen LogP) is 0.602. The van der Waals surface area contributed by atoms with Crippen LogP contribution >= 0.6 is 0 Å². The molecule has 1 rings (SSSR count). The van der Waals surface area contributed by atoms with Crippen LogP contribution in [0.1, 0.15) is 22.5 Å². The van der Waals surface area contributed by atoms with E-state index in [4.69, 9.17) is 5.11 Å². The highest BCUT2D eigenvalue weighted by molar-refractivity contribution is 5.88. The molecule has 0 radical (unpaired) electrons. The molecule has 0 atom stereocenters. The molecule has 1 aromatic heterocycles. The Bertz CT molecular complexity index is 387. The Labute approximate surface area is 87.9 Å². The number of aromatic nitrogens is 1. The van der Waals surface area contributed by atoms with Gasteiger partial charge in [-0.2, -0.15) is 0 Å². The third-order valence-electron chi connectivity index (χ3n) is 1.64. The molecule has 0 unspecified atom stereocenters. The minimum atomic E-state index is -0.419. The van der Waals surface area contributed by atoms with Crippen LogP contribution in [0, 0.1) is 11.8 Å². The van der Waals surface area contributed by atoms with Gasteiger partial charge in [0.05, 0.1) is 19.3 Å². The van der Waals surface area contributed by atoms with Crippen molar-refractivity contribution in [1.82, 2.24) is 4.98 Å². The standard InChI is InChI=1S/C11H11NO3/c1-15-11(14)9-5-6-10(12-8-9)4-2-3-7-13/h5-6,8,13H,3,7H2,1H3. The van der Waals surface area contributed by atoms with E-state index >= 15 is 0 Å². The highest BCUT2D eigenvalue weighted by atomic mass is 16.5. The number of nitrogens with zero attached hydrogens (tertiary/aromatic N) is 1. The van der Waals surface area contributed by atoms with Crippen molar-refractivity contribution in [3.05, 3.63) is 29.6 Å². The molecule has 78 valence electrons. The van der Waals surface area contributed by atoms with Gasteiger partial charge < -0.3 is 9.84 Å². The van der Waals surface area contributed by atoms with Gasteiger partial charge in [0.15, 0.2) is 0 Å². The van der Waals surface area contributed by atoms with Gasteiger partial charge in [-0.3, -0.25) is 0 Å². The quantitative estimate of drug-likeness (QED) is 0.567. The second-order valence-corrected chi connectivity index (χ2v) is 2.70. The fourth-order valence-electron chi connectivity index (χ4n) is 0.915. The lowest BCUT2D eigenvalue weighted by molar-refractivity contribution is 0.0600. The SMILES string of the molecule is COC(=O)c1ccc(C#CCCO)nc1. The lowest BCUT2D eigenvalue weighted by atomic mass is 10.2. The Hall–Kier alpha value is -1.86. The molecular weight excluding hydrogens is 194 g/mol. The van der Waals surface area contributed by atoms with E-state index in [2.05, 4.69) is 21.6 Å². The van der Waals surface area contributed by atoms with E-state index in [9.17, 15) is 4.79 Å². The topological polar surface area (TPSA) is 59.4 Å². The number of methoxy groups -OCH3 is 1. The van der Waals surface area contributed by atoms with Crippen molar-refractivity contribution < 1.29 is 14.6 Å². The molecule has 0 aromatic carbocycles. The zero-order valence-electron chi connectivity index (χ0n) is 8.36. The van der Waals surface area contributed by atoms with Crippen molar-refractivity contribution in [2.45, 2.75) is 6.42 Å². The van der Waals surface area contributed by atoms with Crippen LogP contribution in [0.3, 0.4) is 0 Å². The minimum Gasteiger partial charge on any atom is -0.465 e.